The molecule has 0 aromatic heterocycles. The van der Waals surface area contributed by atoms with Gasteiger partial charge in [-0.2, -0.15) is 0 Å². The zero-order valence-corrected chi connectivity index (χ0v) is 16.5. The van der Waals surface area contributed by atoms with Crippen LogP contribution in [0.1, 0.15) is 23.2 Å². The molecule has 28 heavy (non-hydrogen) atoms. The first-order valence-corrected chi connectivity index (χ1v) is 10.9. The Balaban J connectivity index is 1.78. The zero-order valence-electron chi connectivity index (χ0n) is 15.7. The normalized spacial score (nSPS) is 14.0. The molecule has 0 bridgehead atoms. The zero-order chi connectivity index (χ0) is 20.1. The van der Waals surface area contributed by atoms with Gasteiger partial charge in [0.2, 0.25) is 15.9 Å². The van der Waals surface area contributed by atoms with Crippen molar-refractivity contribution in [2.75, 3.05) is 35.5 Å². The summed E-state index contributed by atoms with van der Waals surface area (Å²) >= 11 is 0. The molecule has 1 N–H and O–H groups in total. The van der Waals surface area contributed by atoms with Crippen LogP contribution in [0, 0.1) is 0 Å². The van der Waals surface area contributed by atoms with E-state index in [-0.39, 0.29) is 12.5 Å². The van der Waals surface area contributed by atoms with Crippen molar-refractivity contribution in [1.82, 2.24) is 4.90 Å². The highest BCUT2D eigenvalue weighted by molar-refractivity contribution is 7.92. The fraction of sp³-hybridized carbons (Fsp3) is 0.300. The third-order valence-corrected chi connectivity index (χ3v) is 5.70. The molecule has 1 saturated heterocycles. The molecule has 2 aromatic carbocycles. The van der Waals surface area contributed by atoms with Crippen LogP contribution in [0.2, 0.25) is 0 Å². The first kappa shape index (κ1) is 19.9. The van der Waals surface area contributed by atoms with Crippen molar-refractivity contribution >= 4 is 33.2 Å². The Hall–Kier alpha value is -2.87. The summed E-state index contributed by atoms with van der Waals surface area (Å²) in [5.41, 5.74) is 1.19. The molecule has 3 rings (SSSR count). The Morgan fingerprint density at radius 3 is 2.25 bits per heavy atom. The van der Waals surface area contributed by atoms with Gasteiger partial charge < -0.3 is 10.2 Å². The SMILES string of the molecule is CS(=O)(=O)N(CC(=O)Nc1ccccc1C(=O)N1CCCC1)c1ccccc1. The van der Waals surface area contributed by atoms with Gasteiger partial charge in [-0.05, 0) is 37.1 Å². The lowest BCUT2D eigenvalue weighted by atomic mass is 10.1. The number of likely N-dealkylation sites (tertiary alicyclic amines) is 1. The Morgan fingerprint density at radius 2 is 1.61 bits per heavy atom. The van der Waals surface area contributed by atoms with Crippen molar-refractivity contribution in [3.05, 3.63) is 60.2 Å². The second-order valence-corrected chi connectivity index (χ2v) is 8.61. The number of carbonyl (C=O) groups is 2. The Morgan fingerprint density at radius 1 is 1.00 bits per heavy atom. The quantitative estimate of drug-likeness (QED) is 0.805. The number of carbonyl (C=O) groups excluding carboxylic acids is 2. The van der Waals surface area contributed by atoms with Crippen molar-refractivity contribution in [2.24, 2.45) is 0 Å². The van der Waals surface area contributed by atoms with E-state index in [1.54, 1.807) is 59.5 Å². The number of hydrogen-bond acceptors (Lipinski definition) is 4. The number of nitrogens with zero attached hydrogens (tertiary/aromatic N) is 2. The number of benzene rings is 2. The van der Waals surface area contributed by atoms with E-state index >= 15 is 0 Å². The highest BCUT2D eigenvalue weighted by Gasteiger charge is 2.24. The minimum absolute atomic E-state index is 0.128. The summed E-state index contributed by atoms with van der Waals surface area (Å²) in [6.07, 6.45) is 3.00. The van der Waals surface area contributed by atoms with Crippen molar-refractivity contribution in [2.45, 2.75) is 12.8 Å². The topological polar surface area (TPSA) is 86.8 Å². The monoisotopic (exact) mass is 401 g/mol. The second-order valence-electron chi connectivity index (χ2n) is 6.70. The number of rotatable bonds is 6. The van der Waals surface area contributed by atoms with Gasteiger partial charge in [-0.25, -0.2) is 8.42 Å². The van der Waals surface area contributed by atoms with Crippen LogP contribution in [-0.4, -0.2) is 51.0 Å². The Labute approximate surface area is 165 Å². The molecule has 148 valence electrons. The number of para-hydroxylation sites is 2. The van der Waals surface area contributed by atoms with Crippen LogP contribution in [0.4, 0.5) is 11.4 Å². The molecule has 0 aliphatic carbocycles. The summed E-state index contributed by atoms with van der Waals surface area (Å²) in [5, 5.41) is 2.69. The predicted octanol–water partition coefficient (Wildman–Crippen LogP) is 2.33. The lowest BCUT2D eigenvalue weighted by molar-refractivity contribution is -0.114. The fourth-order valence-electron chi connectivity index (χ4n) is 3.18. The highest BCUT2D eigenvalue weighted by atomic mass is 32.2. The third-order valence-electron chi connectivity index (χ3n) is 4.56. The minimum Gasteiger partial charge on any atom is -0.339 e. The molecule has 1 aliphatic rings. The van der Waals surface area contributed by atoms with E-state index in [0.717, 1.165) is 23.4 Å². The standard InChI is InChI=1S/C20H23N3O4S/c1-28(26,27)23(16-9-3-2-4-10-16)15-19(24)21-18-12-6-5-11-17(18)20(25)22-13-7-8-14-22/h2-6,9-12H,7-8,13-15H2,1H3,(H,21,24). The molecule has 0 saturated carbocycles. The van der Waals surface area contributed by atoms with Gasteiger partial charge in [0, 0.05) is 13.1 Å². The largest absolute Gasteiger partial charge is 0.339 e. The van der Waals surface area contributed by atoms with Crippen LogP contribution in [0.25, 0.3) is 0 Å². The van der Waals surface area contributed by atoms with E-state index in [9.17, 15) is 18.0 Å². The molecule has 2 amide bonds. The first-order valence-electron chi connectivity index (χ1n) is 9.07. The molecular weight excluding hydrogens is 378 g/mol. The summed E-state index contributed by atoms with van der Waals surface area (Å²) < 4.78 is 25.3. The maximum absolute atomic E-state index is 12.7. The average Bonchev–Trinajstić information content (AvgIpc) is 3.20. The lowest BCUT2D eigenvalue weighted by Gasteiger charge is -2.22. The number of hydrogen-bond donors (Lipinski definition) is 1. The van der Waals surface area contributed by atoms with Crippen LogP contribution < -0.4 is 9.62 Å². The van der Waals surface area contributed by atoms with E-state index in [1.165, 1.54) is 0 Å². The van der Waals surface area contributed by atoms with Crippen LogP contribution in [0.3, 0.4) is 0 Å². The average molecular weight is 401 g/mol. The van der Waals surface area contributed by atoms with Crippen LogP contribution in [0.15, 0.2) is 54.6 Å². The molecule has 1 fully saturated rings. The highest BCUT2D eigenvalue weighted by Crippen LogP contribution is 2.21. The maximum atomic E-state index is 12.7. The smallest absolute Gasteiger partial charge is 0.255 e. The van der Waals surface area contributed by atoms with Gasteiger partial charge in [0.05, 0.1) is 23.2 Å². The van der Waals surface area contributed by atoms with E-state index in [0.29, 0.717) is 30.0 Å². The summed E-state index contributed by atoms with van der Waals surface area (Å²) in [4.78, 5) is 27.1. The van der Waals surface area contributed by atoms with Gasteiger partial charge in [0.15, 0.2) is 0 Å². The molecule has 1 aliphatic heterocycles. The van der Waals surface area contributed by atoms with E-state index in [2.05, 4.69) is 5.32 Å². The van der Waals surface area contributed by atoms with Crippen LogP contribution in [-0.2, 0) is 14.8 Å². The molecule has 0 radical (unpaired) electrons. The molecule has 2 aromatic rings. The van der Waals surface area contributed by atoms with Crippen molar-refractivity contribution in [3.8, 4) is 0 Å². The van der Waals surface area contributed by atoms with Gasteiger partial charge >= 0.3 is 0 Å². The van der Waals surface area contributed by atoms with Gasteiger partial charge in [0.25, 0.3) is 5.91 Å². The summed E-state index contributed by atoms with van der Waals surface area (Å²) in [5.74, 6) is -0.646. The van der Waals surface area contributed by atoms with E-state index < -0.39 is 15.9 Å². The van der Waals surface area contributed by atoms with Gasteiger partial charge in [-0.1, -0.05) is 30.3 Å². The second kappa shape index (κ2) is 8.43. The fourth-order valence-corrected chi connectivity index (χ4v) is 4.04. The number of anilines is 2. The summed E-state index contributed by atoms with van der Waals surface area (Å²) in [6.45, 7) is 1.03. The van der Waals surface area contributed by atoms with Gasteiger partial charge in [-0.3, -0.25) is 13.9 Å². The van der Waals surface area contributed by atoms with E-state index in [4.69, 9.17) is 0 Å². The van der Waals surface area contributed by atoms with Crippen molar-refractivity contribution < 1.29 is 18.0 Å². The maximum Gasteiger partial charge on any atom is 0.255 e. The predicted molar refractivity (Wildman–Crippen MR) is 109 cm³/mol. The lowest BCUT2D eigenvalue weighted by Crippen LogP contribution is -2.37. The van der Waals surface area contributed by atoms with Crippen molar-refractivity contribution in [1.29, 1.82) is 0 Å². The summed E-state index contributed by atoms with van der Waals surface area (Å²) in [6, 6.07) is 15.2. The Kier molecular flexibility index (Phi) is 5.99. The van der Waals surface area contributed by atoms with Gasteiger partial charge in [0.1, 0.15) is 6.54 Å². The first-order chi connectivity index (χ1) is 13.4. The molecule has 8 heteroatoms. The molecular formula is C20H23N3O4S. The van der Waals surface area contributed by atoms with Crippen LogP contribution in [0.5, 0.6) is 0 Å². The number of amides is 2. The number of nitrogens with one attached hydrogen (secondary N) is 1. The molecule has 7 nitrogen and oxygen atoms in total. The van der Waals surface area contributed by atoms with Gasteiger partial charge in [-0.15, -0.1) is 0 Å². The van der Waals surface area contributed by atoms with E-state index in [1.807, 2.05) is 0 Å². The van der Waals surface area contributed by atoms with Crippen LogP contribution >= 0.6 is 0 Å². The molecule has 0 spiro atoms. The van der Waals surface area contributed by atoms with Crippen molar-refractivity contribution in [3.63, 3.8) is 0 Å². The third kappa shape index (κ3) is 4.69. The molecule has 1 heterocycles. The summed E-state index contributed by atoms with van der Waals surface area (Å²) in [7, 11) is -3.65. The number of sulfonamides is 1. The Bertz CT molecular complexity index is 954. The molecule has 0 unspecified atom stereocenters. The molecule has 0 atom stereocenters. The minimum atomic E-state index is -3.65.